The molecule has 0 spiro atoms. The summed E-state index contributed by atoms with van der Waals surface area (Å²) in [4.78, 5) is 14.2. The summed E-state index contributed by atoms with van der Waals surface area (Å²) < 4.78 is 30.2. The summed E-state index contributed by atoms with van der Waals surface area (Å²) >= 11 is 1.61. The molecule has 0 aromatic carbocycles. The van der Waals surface area contributed by atoms with Crippen LogP contribution in [0.4, 0.5) is 0 Å². The first-order valence-electron chi connectivity index (χ1n) is 8.32. The van der Waals surface area contributed by atoms with Crippen molar-refractivity contribution in [2.75, 3.05) is 26.2 Å². The van der Waals surface area contributed by atoms with Crippen LogP contribution in [0.2, 0.25) is 0 Å². The molecule has 0 saturated carbocycles. The number of thiophene rings is 1. The van der Waals surface area contributed by atoms with Gasteiger partial charge in [0.2, 0.25) is 0 Å². The number of imidazole rings is 1. The van der Waals surface area contributed by atoms with E-state index in [9.17, 15) is 4.57 Å². The Balaban J connectivity index is 1.65. The highest BCUT2D eigenvalue weighted by molar-refractivity contribution is 7.53. The van der Waals surface area contributed by atoms with Gasteiger partial charge in [0.1, 0.15) is 23.9 Å². The first-order valence-corrected chi connectivity index (χ1v) is 10.9. The van der Waals surface area contributed by atoms with E-state index in [0.29, 0.717) is 26.4 Å². The van der Waals surface area contributed by atoms with Crippen LogP contribution in [0.15, 0.2) is 30.2 Å². The second kappa shape index (κ2) is 8.83. The predicted octanol–water partition coefficient (Wildman–Crippen LogP) is 3.80. The Morgan fingerprint density at radius 3 is 2.69 bits per heavy atom. The van der Waals surface area contributed by atoms with E-state index in [0.717, 1.165) is 21.7 Å². The highest BCUT2D eigenvalue weighted by Gasteiger charge is 2.23. The molecule has 0 N–H and O–H groups in total. The van der Waals surface area contributed by atoms with Crippen LogP contribution in [0.3, 0.4) is 0 Å². The van der Waals surface area contributed by atoms with Gasteiger partial charge in [-0.25, -0.2) is 15.0 Å². The Morgan fingerprint density at radius 1 is 1.19 bits per heavy atom. The van der Waals surface area contributed by atoms with E-state index >= 15 is 0 Å². The third kappa shape index (κ3) is 4.36. The molecule has 3 aromatic heterocycles. The van der Waals surface area contributed by atoms with Gasteiger partial charge in [-0.05, 0) is 25.3 Å². The topological polar surface area (TPSA) is 88.4 Å². The van der Waals surface area contributed by atoms with Crippen LogP contribution in [0.1, 0.15) is 13.8 Å². The van der Waals surface area contributed by atoms with Crippen molar-refractivity contribution in [3.05, 3.63) is 30.2 Å². The van der Waals surface area contributed by atoms with Gasteiger partial charge in [0.15, 0.2) is 5.65 Å². The van der Waals surface area contributed by atoms with Gasteiger partial charge in [0.25, 0.3) is 0 Å². The average Bonchev–Trinajstić information content (AvgIpc) is 3.29. The number of hydrogen-bond acceptors (Lipinski definition) is 8. The molecule has 0 atom stereocenters. The van der Waals surface area contributed by atoms with Gasteiger partial charge in [0, 0.05) is 6.54 Å². The zero-order valence-corrected chi connectivity index (χ0v) is 16.4. The number of nitrogens with zero attached hydrogens (tertiary/aromatic N) is 4. The molecular weight excluding hydrogens is 375 g/mol. The maximum atomic E-state index is 12.4. The van der Waals surface area contributed by atoms with E-state index in [1.807, 2.05) is 22.1 Å². The minimum atomic E-state index is -3.19. The van der Waals surface area contributed by atoms with Crippen molar-refractivity contribution in [2.24, 2.45) is 0 Å². The van der Waals surface area contributed by atoms with Crippen LogP contribution in [0.25, 0.3) is 21.7 Å². The van der Waals surface area contributed by atoms with E-state index in [1.54, 1.807) is 31.5 Å². The molecule has 0 bridgehead atoms. The summed E-state index contributed by atoms with van der Waals surface area (Å²) in [6.07, 6.45) is 3.18. The van der Waals surface area contributed by atoms with E-state index < -0.39 is 7.60 Å². The number of ether oxygens (including phenoxy) is 1. The lowest BCUT2D eigenvalue weighted by atomic mass is 10.3. The van der Waals surface area contributed by atoms with Crippen LogP contribution in [0.5, 0.6) is 0 Å². The molecule has 3 rings (SSSR count). The molecule has 0 aliphatic rings. The second-order valence-electron chi connectivity index (χ2n) is 5.29. The lowest BCUT2D eigenvalue weighted by Gasteiger charge is -2.16. The quantitative estimate of drug-likeness (QED) is 0.380. The first-order chi connectivity index (χ1) is 12.7. The maximum Gasteiger partial charge on any atom is 0.356 e. The molecule has 0 aliphatic carbocycles. The molecule has 0 aliphatic heterocycles. The van der Waals surface area contributed by atoms with E-state index in [2.05, 4.69) is 15.0 Å². The largest absolute Gasteiger partial charge is 0.367 e. The van der Waals surface area contributed by atoms with Crippen LogP contribution in [-0.4, -0.2) is 45.7 Å². The van der Waals surface area contributed by atoms with E-state index in [-0.39, 0.29) is 6.35 Å². The minimum Gasteiger partial charge on any atom is -0.367 e. The number of aromatic nitrogens is 4. The highest BCUT2D eigenvalue weighted by Crippen LogP contribution is 2.47. The van der Waals surface area contributed by atoms with Crippen molar-refractivity contribution in [1.29, 1.82) is 0 Å². The molecular formula is C16H21N4O4PS. The van der Waals surface area contributed by atoms with E-state index in [1.165, 1.54) is 6.33 Å². The fourth-order valence-corrected chi connectivity index (χ4v) is 4.57. The normalized spacial score (nSPS) is 12.1. The van der Waals surface area contributed by atoms with Gasteiger partial charge in [-0.15, -0.1) is 11.3 Å². The Bertz CT molecular complexity index is 874. The van der Waals surface area contributed by atoms with Crippen molar-refractivity contribution in [3.63, 3.8) is 0 Å². The Hall–Kier alpha value is -1.64. The average molecular weight is 396 g/mol. The Kier molecular flexibility index (Phi) is 6.50. The smallest absolute Gasteiger partial charge is 0.356 e. The Morgan fingerprint density at radius 2 is 2.00 bits per heavy atom. The number of rotatable bonds is 10. The summed E-state index contributed by atoms with van der Waals surface area (Å²) in [5, 5.41) is 2.00. The number of fused-ring (bicyclic) bond motifs is 1. The fraction of sp³-hybridized carbons (Fsp3) is 0.438. The molecule has 0 radical (unpaired) electrons. The predicted molar refractivity (Wildman–Crippen MR) is 100 cm³/mol. The summed E-state index contributed by atoms with van der Waals surface area (Å²) in [5.41, 5.74) is 2.32. The monoisotopic (exact) mass is 396 g/mol. The summed E-state index contributed by atoms with van der Waals surface area (Å²) in [6, 6.07) is 3.99. The van der Waals surface area contributed by atoms with Crippen molar-refractivity contribution >= 4 is 30.1 Å². The standard InChI is InChI=1S/C16H21N4O4PS/c1-3-23-25(21,24-4-2)12-22-8-7-20-11-19-15-14(13-6-5-9-26-13)17-10-18-16(15)20/h5-6,9-11H,3-4,7-8,12H2,1-2H3. The van der Waals surface area contributed by atoms with Crippen molar-refractivity contribution in [3.8, 4) is 10.6 Å². The fourth-order valence-electron chi connectivity index (χ4n) is 2.48. The van der Waals surface area contributed by atoms with E-state index in [4.69, 9.17) is 13.8 Å². The molecule has 0 amide bonds. The second-order valence-corrected chi connectivity index (χ2v) is 8.24. The molecule has 0 unspecified atom stereocenters. The molecule has 140 valence electrons. The SMILES string of the molecule is CCOP(=O)(COCCn1cnc2c(-c3cccs3)ncnc21)OCC. The highest BCUT2D eigenvalue weighted by atomic mass is 32.1. The lowest BCUT2D eigenvalue weighted by molar-refractivity contribution is 0.127. The number of hydrogen-bond donors (Lipinski definition) is 0. The molecule has 3 heterocycles. The van der Waals surface area contributed by atoms with Gasteiger partial charge in [0.05, 0.1) is 31.0 Å². The minimum absolute atomic E-state index is 0.0727. The molecule has 0 saturated heterocycles. The van der Waals surface area contributed by atoms with Crippen LogP contribution in [-0.2, 0) is 24.9 Å². The summed E-state index contributed by atoms with van der Waals surface area (Å²) in [6.45, 7) is 5.04. The third-order valence-electron chi connectivity index (χ3n) is 3.53. The third-order valence-corrected chi connectivity index (χ3v) is 6.21. The Labute approximate surface area is 155 Å². The zero-order chi connectivity index (χ0) is 18.4. The molecule has 10 heteroatoms. The van der Waals surface area contributed by atoms with Crippen LogP contribution >= 0.6 is 18.9 Å². The summed E-state index contributed by atoms with van der Waals surface area (Å²) in [7, 11) is -3.19. The molecule has 8 nitrogen and oxygen atoms in total. The van der Waals surface area contributed by atoms with Crippen LogP contribution in [0, 0.1) is 0 Å². The van der Waals surface area contributed by atoms with Gasteiger partial charge < -0.3 is 18.4 Å². The maximum absolute atomic E-state index is 12.4. The van der Waals surface area contributed by atoms with Gasteiger partial charge >= 0.3 is 7.60 Å². The molecule has 0 fully saturated rings. The zero-order valence-electron chi connectivity index (χ0n) is 14.7. The summed E-state index contributed by atoms with van der Waals surface area (Å²) in [5.74, 6) is 0. The van der Waals surface area contributed by atoms with Gasteiger partial charge in [-0.1, -0.05) is 6.07 Å². The van der Waals surface area contributed by atoms with Crippen molar-refractivity contribution in [2.45, 2.75) is 20.4 Å². The van der Waals surface area contributed by atoms with Gasteiger partial charge in [-0.3, -0.25) is 4.57 Å². The van der Waals surface area contributed by atoms with Crippen molar-refractivity contribution in [1.82, 2.24) is 19.5 Å². The molecule has 26 heavy (non-hydrogen) atoms. The lowest BCUT2D eigenvalue weighted by Crippen LogP contribution is -2.09. The van der Waals surface area contributed by atoms with Crippen LogP contribution < -0.4 is 0 Å². The van der Waals surface area contributed by atoms with Crippen molar-refractivity contribution < 1.29 is 18.3 Å². The molecule has 3 aromatic rings. The first kappa shape index (κ1) is 19.1. The van der Waals surface area contributed by atoms with Gasteiger partial charge in [-0.2, -0.15) is 0 Å².